The van der Waals surface area contributed by atoms with Crippen LogP contribution in [0.2, 0.25) is 0 Å². The number of nitrogens with one attached hydrogen (secondary N) is 1. The summed E-state index contributed by atoms with van der Waals surface area (Å²) in [7, 11) is 0. The standard InChI is InChI=1S/C17H28N4O.ClH/c1-2-20-10-12-21(13-11-20)9-3-8-19-17(22)16-6-4-15(14-18)5-7-16;/h4-7H,2-3,8-14,18H2,1H3,(H,19,22);1H. The highest BCUT2D eigenvalue weighted by atomic mass is 35.5. The maximum absolute atomic E-state index is 12.0. The van der Waals surface area contributed by atoms with Crippen molar-refractivity contribution in [2.75, 3.05) is 45.8 Å². The lowest BCUT2D eigenvalue weighted by molar-refractivity contribution is 0.0948. The van der Waals surface area contributed by atoms with Gasteiger partial charge in [-0.25, -0.2) is 0 Å². The lowest BCUT2D eigenvalue weighted by atomic mass is 10.1. The van der Waals surface area contributed by atoms with Gasteiger partial charge in [-0.2, -0.15) is 0 Å². The van der Waals surface area contributed by atoms with Gasteiger partial charge in [0.25, 0.3) is 5.91 Å². The predicted molar refractivity (Wildman–Crippen MR) is 97.1 cm³/mol. The maximum atomic E-state index is 12.0. The monoisotopic (exact) mass is 340 g/mol. The molecule has 0 unspecified atom stereocenters. The van der Waals surface area contributed by atoms with Crippen molar-refractivity contribution in [1.82, 2.24) is 15.1 Å². The van der Waals surface area contributed by atoms with Gasteiger partial charge in [-0.05, 0) is 37.2 Å². The van der Waals surface area contributed by atoms with Crippen molar-refractivity contribution < 1.29 is 4.79 Å². The van der Waals surface area contributed by atoms with Crippen molar-refractivity contribution in [3.8, 4) is 0 Å². The molecule has 1 fully saturated rings. The Morgan fingerprint density at radius 3 is 2.30 bits per heavy atom. The Labute approximate surface area is 145 Å². The summed E-state index contributed by atoms with van der Waals surface area (Å²) in [5, 5.41) is 2.99. The van der Waals surface area contributed by atoms with Crippen LogP contribution in [0.3, 0.4) is 0 Å². The minimum Gasteiger partial charge on any atom is -0.352 e. The largest absolute Gasteiger partial charge is 0.352 e. The molecule has 2 rings (SSSR count). The van der Waals surface area contributed by atoms with Crippen molar-refractivity contribution in [1.29, 1.82) is 0 Å². The molecule has 1 aliphatic heterocycles. The fraction of sp³-hybridized carbons (Fsp3) is 0.588. The smallest absolute Gasteiger partial charge is 0.251 e. The lowest BCUT2D eigenvalue weighted by Gasteiger charge is -2.33. The van der Waals surface area contributed by atoms with Gasteiger partial charge in [-0.3, -0.25) is 4.79 Å². The van der Waals surface area contributed by atoms with E-state index >= 15 is 0 Å². The molecule has 1 aromatic carbocycles. The Balaban J connectivity index is 0.00000264. The molecule has 0 aromatic heterocycles. The first kappa shape index (κ1) is 19.9. The zero-order chi connectivity index (χ0) is 15.8. The summed E-state index contributed by atoms with van der Waals surface area (Å²) < 4.78 is 0. The van der Waals surface area contributed by atoms with Crippen LogP contribution >= 0.6 is 12.4 Å². The third kappa shape index (κ3) is 6.47. The molecule has 1 aromatic rings. The third-order valence-electron chi connectivity index (χ3n) is 4.30. The quantitative estimate of drug-likeness (QED) is 0.735. The van der Waals surface area contributed by atoms with Crippen LogP contribution in [0.15, 0.2) is 24.3 Å². The van der Waals surface area contributed by atoms with Crippen LogP contribution in [-0.2, 0) is 6.54 Å². The molecule has 1 aliphatic rings. The molecule has 0 radical (unpaired) electrons. The second-order valence-corrected chi connectivity index (χ2v) is 5.79. The van der Waals surface area contributed by atoms with E-state index < -0.39 is 0 Å². The summed E-state index contributed by atoms with van der Waals surface area (Å²) in [4.78, 5) is 17.0. The average molecular weight is 341 g/mol. The molecule has 0 spiro atoms. The number of hydrogen-bond donors (Lipinski definition) is 2. The summed E-state index contributed by atoms with van der Waals surface area (Å²) in [6, 6.07) is 7.48. The number of halogens is 1. The van der Waals surface area contributed by atoms with E-state index in [2.05, 4.69) is 22.0 Å². The first-order valence-electron chi connectivity index (χ1n) is 8.25. The summed E-state index contributed by atoms with van der Waals surface area (Å²) in [6.07, 6.45) is 0.999. The molecule has 6 heteroatoms. The van der Waals surface area contributed by atoms with Gasteiger partial charge >= 0.3 is 0 Å². The van der Waals surface area contributed by atoms with Crippen LogP contribution in [0.1, 0.15) is 29.3 Å². The van der Waals surface area contributed by atoms with Crippen molar-refractivity contribution in [3.05, 3.63) is 35.4 Å². The van der Waals surface area contributed by atoms with Crippen LogP contribution in [-0.4, -0.2) is 61.5 Å². The van der Waals surface area contributed by atoms with E-state index in [-0.39, 0.29) is 18.3 Å². The van der Waals surface area contributed by atoms with E-state index in [0.29, 0.717) is 12.1 Å². The molecule has 1 amide bonds. The van der Waals surface area contributed by atoms with E-state index in [1.54, 1.807) is 0 Å². The number of carbonyl (C=O) groups is 1. The highest BCUT2D eigenvalue weighted by Crippen LogP contribution is 2.04. The minimum atomic E-state index is -0.000580. The fourth-order valence-electron chi connectivity index (χ4n) is 2.73. The number of hydrogen-bond acceptors (Lipinski definition) is 4. The summed E-state index contributed by atoms with van der Waals surface area (Å²) in [6.45, 7) is 10.3. The van der Waals surface area contributed by atoms with Gasteiger partial charge in [-0.15, -0.1) is 12.4 Å². The lowest BCUT2D eigenvalue weighted by Crippen LogP contribution is -2.46. The van der Waals surface area contributed by atoms with Gasteiger partial charge in [0.1, 0.15) is 0 Å². The van der Waals surface area contributed by atoms with Crippen molar-refractivity contribution in [3.63, 3.8) is 0 Å². The highest BCUT2D eigenvalue weighted by molar-refractivity contribution is 5.94. The maximum Gasteiger partial charge on any atom is 0.251 e. The second kappa shape index (κ2) is 10.6. The molecule has 130 valence electrons. The van der Waals surface area contributed by atoms with Crippen LogP contribution in [0.4, 0.5) is 0 Å². The average Bonchev–Trinajstić information content (AvgIpc) is 2.59. The topological polar surface area (TPSA) is 61.6 Å². The first-order valence-corrected chi connectivity index (χ1v) is 8.25. The third-order valence-corrected chi connectivity index (χ3v) is 4.30. The van der Waals surface area contributed by atoms with Gasteiger partial charge in [-0.1, -0.05) is 19.1 Å². The summed E-state index contributed by atoms with van der Waals surface area (Å²) in [5.41, 5.74) is 7.30. The number of likely N-dealkylation sites (N-methyl/N-ethyl adjacent to an activating group) is 1. The summed E-state index contributed by atoms with van der Waals surface area (Å²) >= 11 is 0. The normalized spacial score (nSPS) is 15.9. The van der Waals surface area contributed by atoms with Crippen molar-refractivity contribution in [2.45, 2.75) is 19.9 Å². The molecular formula is C17H29ClN4O. The number of benzene rings is 1. The van der Waals surface area contributed by atoms with E-state index in [1.807, 2.05) is 24.3 Å². The molecule has 1 saturated heterocycles. The Morgan fingerprint density at radius 1 is 1.13 bits per heavy atom. The number of piperazine rings is 1. The second-order valence-electron chi connectivity index (χ2n) is 5.79. The van der Waals surface area contributed by atoms with Gasteiger partial charge in [0, 0.05) is 44.8 Å². The van der Waals surface area contributed by atoms with Crippen LogP contribution in [0, 0.1) is 0 Å². The van der Waals surface area contributed by atoms with E-state index in [0.717, 1.165) is 57.8 Å². The van der Waals surface area contributed by atoms with E-state index in [4.69, 9.17) is 5.73 Å². The Hall–Kier alpha value is -1.14. The number of carbonyl (C=O) groups excluding carboxylic acids is 1. The highest BCUT2D eigenvalue weighted by Gasteiger charge is 2.14. The van der Waals surface area contributed by atoms with Crippen molar-refractivity contribution >= 4 is 18.3 Å². The van der Waals surface area contributed by atoms with Crippen LogP contribution < -0.4 is 11.1 Å². The molecule has 23 heavy (non-hydrogen) atoms. The van der Waals surface area contributed by atoms with Gasteiger partial charge in [0.2, 0.25) is 0 Å². The molecule has 0 atom stereocenters. The molecule has 1 heterocycles. The van der Waals surface area contributed by atoms with E-state index in [9.17, 15) is 4.79 Å². The molecular weight excluding hydrogens is 312 g/mol. The Morgan fingerprint density at radius 2 is 1.74 bits per heavy atom. The molecule has 0 bridgehead atoms. The van der Waals surface area contributed by atoms with E-state index in [1.165, 1.54) is 0 Å². The first-order chi connectivity index (χ1) is 10.7. The SMILES string of the molecule is CCN1CCN(CCCNC(=O)c2ccc(CN)cc2)CC1.Cl. The Bertz CT molecular complexity index is 458. The van der Waals surface area contributed by atoms with Gasteiger partial charge in [0.15, 0.2) is 0 Å². The molecule has 3 N–H and O–H groups in total. The van der Waals surface area contributed by atoms with Crippen LogP contribution in [0.5, 0.6) is 0 Å². The number of nitrogens with two attached hydrogens (primary N) is 1. The predicted octanol–water partition coefficient (Wildman–Crippen LogP) is 1.32. The zero-order valence-corrected chi connectivity index (χ0v) is 14.8. The Kier molecular flexibility index (Phi) is 9.17. The number of rotatable bonds is 7. The van der Waals surface area contributed by atoms with Crippen LogP contribution in [0.25, 0.3) is 0 Å². The molecule has 0 saturated carbocycles. The van der Waals surface area contributed by atoms with Gasteiger partial charge < -0.3 is 20.9 Å². The fourth-order valence-corrected chi connectivity index (χ4v) is 2.73. The molecule has 5 nitrogen and oxygen atoms in total. The number of nitrogens with zero attached hydrogens (tertiary/aromatic N) is 2. The minimum absolute atomic E-state index is 0. The zero-order valence-electron chi connectivity index (χ0n) is 14.0. The number of amides is 1. The van der Waals surface area contributed by atoms with Gasteiger partial charge in [0.05, 0.1) is 0 Å². The summed E-state index contributed by atoms with van der Waals surface area (Å²) in [5.74, 6) is -0.000580. The molecule has 0 aliphatic carbocycles. The van der Waals surface area contributed by atoms with Crippen molar-refractivity contribution in [2.24, 2.45) is 5.73 Å².